The van der Waals surface area contributed by atoms with Crippen LogP contribution in [0.1, 0.15) is 48.1 Å². The number of fused-ring (bicyclic) bond motifs is 1. The van der Waals surface area contributed by atoms with Crippen LogP contribution >= 0.6 is 11.8 Å². The fourth-order valence-corrected chi connectivity index (χ4v) is 3.85. The van der Waals surface area contributed by atoms with Gasteiger partial charge in [-0.3, -0.25) is 0 Å². The molecule has 0 unspecified atom stereocenters. The molecule has 0 spiro atoms. The number of aryl methyl sites for hydroxylation is 4. The van der Waals surface area contributed by atoms with E-state index in [1.165, 1.54) is 36.0 Å². The van der Waals surface area contributed by atoms with E-state index in [-0.39, 0.29) is 0 Å². The molecular weight excluding hydrogens is 284 g/mol. The third-order valence-electron chi connectivity index (χ3n) is 4.47. The maximum absolute atomic E-state index is 2.44. The topological polar surface area (TPSA) is 0 Å². The Bertz CT molecular complexity index is 610. The van der Waals surface area contributed by atoms with E-state index in [0.29, 0.717) is 5.25 Å². The molecule has 2 aromatic carbocycles. The highest BCUT2D eigenvalue weighted by Crippen LogP contribution is 2.23. The van der Waals surface area contributed by atoms with E-state index in [0.717, 1.165) is 18.6 Å². The first kappa shape index (κ1) is 15.7. The molecule has 0 heterocycles. The van der Waals surface area contributed by atoms with Crippen molar-refractivity contribution in [2.24, 2.45) is 0 Å². The zero-order chi connectivity index (χ0) is 15.4. The second-order valence-electron chi connectivity index (χ2n) is 6.63. The molecule has 0 aliphatic heterocycles. The second kappa shape index (κ2) is 7.37. The van der Waals surface area contributed by atoms with Crippen molar-refractivity contribution < 1.29 is 0 Å². The maximum Gasteiger partial charge on any atom is 0.0187 e. The summed E-state index contributed by atoms with van der Waals surface area (Å²) in [7, 11) is 0. The predicted octanol–water partition coefficient (Wildman–Crippen LogP) is 5.60. The van der Waals surface area contributed by atoms with Crippen LogP contribution in [0.25, 0.3) is 0 Å². The summed E-state index contributed by atoms with van der Waals surface area (Å²) in [6.07, 6.45) is 6.22. The van der Waals surface area contributed by atoms with Crippen LogP contribution in [-0.4, -0.2) is 5.25 Å². The lowest BCUT2D eigenvalue weighted by Gasteiger charge is -2.07. The minimum absolute atomic E-state index is 0.708. The average Bonchev–Trinajstić information content (AvgIpc) is 2.99. The van der Waals surface area contributed by atoms with Crippen LogP contribution < -0.4 is 0 Å². The highest BCUT2D eigenvalue weighted by molar-refractivity contribution is 7.99. The Hall–Kier alpha value is -1.21. The van der Waals surface area contributed by atoms with Gasteiger partial charge in [-0.15, -0.1) is 0 Å². The lowest BCUT2D eigenvalue weighted by Crippen LogP contribution is -1.94. The van der Waals surface area contributed by atoms with Crippen LogP contribution in [0.2, 0.25) is 0 Å². The highest BCUT2D eigenvalue weighted by Gasteiger charge is 2.10. The number of hydrogen-bond acceptors (Lipinski definition) is 1. The molecule has 0 saturated heterocycles. The largest absolute Gasteiger partial charge is 0.154 e. The number of rotatable bonds is 6. The summed E-state index contributed by atoms with van der Waals surface area (Å²) in [6.45, 7) is 4.52. The summed E-state index contributed by atoms with van der Waals surface area (Å²) in [5.74, 6) is 1.13. The van der Waals surface area contributed by atoms with Crippen LogP contribution in [-0.2, 0) is 31.4 Å². The highest BCUT2D eigenvalue weighted by atomic mass is 32.2. The quantitative estimate of drug-likeness (QED) is 0.669. The van der Waals surface area contributed by atoms with Gasteiger partial charge in [-0.05, 0) is 65.2 Å². The van der Waals surface area contributed by atoms with Gasteiger partial charge in [-0.25, -0.2) is 0 Å². The van der Waals surface area contributed by atoms with Crippen LogP contribution in [0.4, 0.5) is 0 Å². The fraction of sp³-hybridized carbons (Fsp3) is 0.429. The SMILES string of the molecule is CC(C)SCc1ccc(CCc2ccc3c(c2)CCC3)cc1. The van der Waals surface area contributed by atoms with Gasteiger partial charge in [-0.2, -0.15) is 11.8 Å². The van der Waals surface area contributed by atoms with Gasteiger partial charge < -0.3 is 0 Å². The first-order valence-electron chi connectivity index (χ1n) is 8.51. The summed E-state index contributed by atoms with van der Waals surface area (Å²) < 4.78 is 0. The Morgan fingerprint density at radius 3 is 2.23 bits per heavy atom. The summed E-state index contributed by atoms with van der Waals surface area (Å²) >= 11 is 2.01. The van der Waals surface area contributed by atoms with E-state index in [1.807, 2.05) is 11.8 Å². The Balaban J connectivity index is 1.55. The van der Waals surface area contributed by atoms with Gasteiger partial charge in [0.2, 0.25) is 0 Å². The molecule has 0 atom stereocenters. The summed E-state index contributed by atoms with van der Waals surface area (Å²) in [5, 5.41) is 0.708. The van der Waals surface area contributed by atoms with E-state index < -0.39 is 0 Å². The Morgan fingerprint density at radius 2 is 1.45 bits per heavy atom. The lowest BCUT2D eigenvalue weighted by atomic mass is 10.00. The average molecular weight is 311 g/mol. The predicted molar refractivity (Wildman–Crippen MR) is 98.7 cm³/mol. The van der Waals surface area contributed by atoms with Gasteiger partial charge in [0.1, 0.15) is 0 Å². The molecule has 0 nitrogen and oxygen atoms in total. The molecule has 1 heteroatoms. The van der Waals surface area contributed by atoms with Gasteiger partial charge in [0.25, 0.3) is 0 Å². The van der Waals surface area contributed by atoms with Gasteiger partial charge >= 0.3 is 0 Å². The van der Waals surface area contributed by atoms with Crippen LogP contribution in [0.15, 0.2) is 42.5 Å². The Labute approximate surface area is 139 Å². The molecule has 0 saturated carbocycles. The third-order valence-corrected chi connectivity index (χ3v) is 5.64. The zero-order valence-corrected chi connectivity index (χ0v) is 14.6. The molecule has 0 N–H and O–H groups in total. The molecule has 2 aromatic rings. The normalized spacial score (nSPS) is 13.6. The van der Waals surface area contributed by atoms with Crippen LogP contribution in [0.5, 0.6) is 0 Å². The molecule has 116 valence electrons. The third kappa shape index (κ3) is 4.16. The van der Waals surface area contributed by atoms with Crippen molar-refractivity contribution in [3.8, 4) is 0 Å². The minimum Gasteiger partial charge on any atom is -0.154 e. The van der Waals surface area contributed by atoms with Crippen molar-refractivity contribution in [2.45, 2.75) is 57.0 Å². The van der Waals surface area contributed by atoms with E-state index in [9.17, 15) is 0 Å². The molecule has 1 aliphatic carbocycles. The zero-order valence-electron chi connectivity index (χ0n) is 13.8. The Kier molecular flexibility index (Phi) is 5.25. The van der Waals surface area contributed by atoms with Crippen molar-refractivity contribution >= 4 is 11.8 Å². The standard InChI is InChI=1S/C21H26S/c1-16(2)22-15-19-10-7-17(8-11-19)6-9-18-12-13-20-4-3-5-21(20)14-18/h7-8,10-14,16H,3-6,9,15H2,1-2H3. The molecule has 0 amide bonds. The molecule has 1 aliphatic rings. The summed E-state index contributed by atoms with van der Waals surface area (Å²) in [6, 6.07) is 16.3. The van der Waals surface area contributed by atoms with Crippen LogP contribution in [0, 0.1) is 0 Å². The van der Waals surface area contributed by atoms with Gasteiger partial charge in [0.05, 0.1) is 0 Å². The van der Waals surface area contributed by atoms with Crippen molar-refractivity contribution in [1.82, 2.24) is 0 Å². The van der Waals surface area contributed by atoms with E-state index in [1.54, 1.807) is 11.1 Å². The van der Waals surface area contributed by atoms with Crippen molar-refractivity contribution in [1.29, 1.82) is 0 Å². The molecule has 0 bridgehead atoms. The van der Waals surface area contributed by atoms with Gasteiger partial charge in [-0.1, -0.05) is 56.3 Å². The molecular formula is C21H26S. The first-order valence-corrected chi connectivity index (χ1v) is 9.56. The number of hydrogen-bond donors (Lipinski definition) is 0. The monoisotopic (exact) mass is 310 g/mol. The van der Waals surface area contributed by atoms with Crippen molar-refractivity contribution in [3.05, 3.63) is 70.3 Å². The van der Waals surface area contributed by atoms with Crippen molar-refractivity contribution in [2.75, 3.05) is 0 Å². The Morgan fingerprint density at radius 1 is 0.818 bits per heavy atom. The second-order valence-corrected chi connectivity index (χ2v) is 8.20. The number of thioether (sulfide) groups is 1. The van der Waals surface area contributed by atoms with E-state index >= 15 is 0 Å². The van der Waals surface area contributed by atoms with Gasteiger partial charge in [0, 0.05) is 5.75 Å². The maximum atomic E-state index is 2.44. The molecule has 3 rings (SSSR count). The summed E-state index contributed by atoms with van der Waals surface area (Å²) in [4.78, 5) is 0. The molecule has 0 aromatic heterocycles. The van der Waals surface area contributed by atoms with Crippen molar-refractivity contribution in [3.63, 3.8) is 0 Å². The first-order chi connectivity index (χ1) is 10.7. The fourth-order valence-electron chi connectivity index (χ4n) is 3.13. The molecule has 22 heavy (non-hydrogen) atoms. The lowest BCUT2D eigenvalue weighted by molar-refractivity contribution is 0.910. The van der Waals surface area contributed by atoms with E-state index in [4.69, 9.17) is 0 Å². The molecule has 0 radical (unpaired) electrons. The summed E-state index contributed by atoms with van der Waals surface area (Å²) in [5.41, 5.74) is 7.58. The van der Waals surface area contributed by atoms with Gasteiger partial charge in [0.15, 0.2) is 0 Å². The van der Waals surface area contributed by atoms with Crippen LogP contribution in [0.3, 0.4) is 0 Å². The van der Waals surface area contributed by atoms with E-state index in [2.05, 4.69) is 56.3 Å². The smallest absolute Gasteiger partial charge is 0.0187 e. The minimum atomic E-state index is 0.708. The number of benzene rings is 2. The molecule has 0 fully saturated rings.